The summed E-state index contributed by atoms with van der Waals surface area (Å²) < 4.78 is 37.0. The van der Waals surface area contributed by atoms with Crippen molar-refractivity contribution in [3.8, 4) is 0 Å². The van der Waals surface area contributed by atoms with Crippen molar-refractivity contribution in [2.75, 3.05) is 13.6 Å². The molecule has 0 bridgehead atoms. The summed E-state index contributed by atoms with van der Waals surface area (Å²) in [5.74, 6) is -0.0458. The van der Waals surface area contributed by atoms with Gasteiger partial charge in [-0.1, -0.05) is 12.8 Å². The van der Waals surface area contributed by atoms with E-state index in [4.69, 9.17) is 0 Å². The molecule has 0 heterocycles. The van der Waals surface area contributed by atoms with Crippen molar-refractivity contribution in [3.05, 3.63) is 0 Å². The average Bonchev–Trinajstić information content (AvgIpc) is 2.28. The Balaban J connectivity index is 2.26. The molecule has 2 nitrogen and oxygen atoms in total. The molecule has 1 aliphatic rings. The molecule has 0 spiro atoms. The molecule has 0 saturated heterocycles. The Morgan fingerprint density at radius 2 is 1.82 bits per heavy atom. The molecule has 102 valence electrons. The van der Waals surface area contributed by atoms with Gasteiger partial charge in [-0.05, 0) is 51.1 Å². The molecule has 0 aromatic carbocycles. The molecule has 0 radical (unpaired) electrons. The van der Waals surface area contributed by atoms with Crippen LogP contribution in [0.3, 0.4) is 0 Å². The number of rotatable bonds is 5. The molecule has 1 saturated carbocycles. The molecule has 2 N–H and O–H groups in total. The van der Waals surface area contributed by atoms with E-state index in [1.807, 2.05) is 7.05 Å². The van der Waals surface area contributed by atoms with Gasteiger partial charge in [-0.2, -0.15) is 13.2 Å². The largest absolute Gasteiger partial charge is 0.414 e. The van der Waals surface area contributed by atoms with E-state index < -0.39 is 18.2 Å². The molecule has 1 aliphatic carbocycles. The quantitative estimate of drug-likeness (QED) is 0.738. The predicted octanol–water partition coefficient (Wildman–Crippen LogP) is 2.72. The fourth-order valence-electron chi connectivity index (χ4n) is 2.63. The van der Waals surface area contributed by atoms with Crippen molar-refractivity contribution in [1.82, 2.24) is 5.32 Å². The number of hydrogen-bond donors (Lipinski definition) is 2. The lowest BCUT2D eigenvalue weighted by Crippen LogP contribution is -2.37. The number of alkyl halides is 3. The Kier molecular flexibility index (Phi) is 5.73. The van der Waals surface area contributed by atoms with Crippen molar-refractivity contribution in [3.63, 3.8) is 0 Å². The maximum atomic E-state index is 12.3. The summed E-state index contributed by atoms with van der Waals surface area (Å²) in [5.41, 5.74) is 0. The Labute approximate surface area is 101 Å². The summed E-state index contributed by atoms with van der Waals surface area (Å²) in [6.07, 6.45) is -1.77. The van der Waals surface area contributed by atoms with Gasteiger partial charge in [0.1, 0.15) is 0 Å². The SMILES string of the molecule is CNCCCC1CCC(C(O)C(F)(F)F)CC1. The highest BCUT2D eigenvalue weighted by molar-refractivity contribution is 4.81. The summed E-state index contributed by atoms with van der Waals surface area (Å²) in [5, 5.41) is 12.2. The predicted molar refractivity (Wildman–Crippen MR) is 60.7 cm³/mol. The van der Waals surface area contributed by atoms with Gasteiger partial charge in [0.25, 0.3) is 0 Å². The van der Waals surface area contributed by atoms with E-state index in [0.717, 1.165) is 32.2 Å². The highest BCUT2D eigenvalue weighted by Gasteiger charge is 2.44. The molecule has 5 heteroatoms. The number of aliphatic hydroxyl groups excluding tert-OH is 1. The minimum absolute atomic E-state index is 0.505. The van der Waals surface area contributed by atoms with Gasteiger partial charge in [-0.3, -0.25) is 0 Å². The van der Waals surface area contributed by atoms with E-state index in [1.165, 1.54) is 0 Å². The van der Waals surface area contributed by atoms with E-state index >= 15 is 0 Å². The first-order valence-corrected chi connectivity index (χ1v) is 6.34. The molecule has 0 aromatic rings. The van der Waals surface area contributed by atoms with Crippen LogP contribution in [0.1, 0.15) is 38.5 Å². The lowest BCUT2D eigenvalue weighted by Gasteiger charge is -2.32. The summed E-state index contributed by atoms with van der Waals surface area (Å²) in [6.45, 7) is 0.963. The normalized spacial score (nSPS) is 28.1. The van der Waals surface area contributed by atoms with Gasteiger partial charge in [-0.15, -0.1) is 0 Å². The number of aliphatic hydroxyl groups is 1. The Hall–Kier alpha value is -0.290. The second-order valence-electron chi connectivity index (χ2n) is 5.01. The molecule has 1 fully saturated rings. The van der Waals surface area contributed by atoms with Crippen LogP contribution in [-0.4, -0.2) is 31.0 Å². The highest BCUT2D eigenvalue weighted by atomic mass is 19.4. The third-order valence-corrected chi connectivity index (χ3v) is 3.71. The van der Waals surface area contributed by atoms with Crippen LogP contribution in [0.25, 0.3) is 0 Å². The molecule has 0 amide bonds. The van der Waals surface area contributed by atoms with Crippen LogP contribution in [0.15, 0.2) is 0 Å². The number of halogens is 3. The van der Waals surface area contributed by atoms with E-state index in [0.29, 0.717) is 18.8 Å². The van der Waals surface area contributed by atoms with Gasteiger partial charge < -0.3 is 10.4 Å². The molecular formula is C12H22F3NO. The van der Waals surface area contributed by atoms with Crippen LogP contribution in [0.2, 0.25) is 0 Å². The fraction of sp³-hybridized carbons (Fsp3) is 1.00. The minimum Gasteiger partial charge on any atom is -0.383 e. The average molecular weight is 253 g/mol. The molecule has 0 aliphatic heterocycles. The van der Waals surface area contributed by atoms with Crippen molar-refractivity contribution < 1.29 is 18.3 Å². The van der Waals surface area contributed by atoms with Crippen LogP contribution < -0.4 is 5.32 Å². The summed E-state index contributed by atoms with van der Waals surface area (Å²) in [6, 6.07) is 0. The molecule has 17 heavy (non-hydrogen) atoms. The Bertz CT molecular complexity index is 212. The first kappa shape index (κ1) is 14.8. The van der Waals surface area contributed by atoms with E-state index in [9.17, 15) is 18.3 Å². The van der Waals surface area contributed by atoms with Crippen molar-refractivity contribution in [1.29, 1.82) is 0 Å². The monoisotopic (exact) mass is 253 g/mol. The Morgan fingerprint density at radius 1 is 1.24 bits per heavy atom. The topological polar surface area (TPSA) is 32.3 Å². The van der Waals surface area contributed by atoms with Gasteiger partial charge in [0.2, 0.25) is 0 Å². The van der Waals surface area contributed by atoms with Gasteiger partial charge in [0, 0.05) is 0 Å². The third kappa shape index (κ3) is 4.84. The highest BCUT2D eigenvalue weighted by Crippen LogP contribution is 2.37. The molecule has 1 rings (SSSR count). The fourth-order valence-corrected chi connectivity index (χ4v) is 2.63. The molecule has 1 unspecified atom stereocenters. The van der Waals surface area contributed by atoms with Crippen molar-refractivity contribution >= 4 is 0 Å². The van der Waals surface area contributed by atoms with Crippen LogP contribution in [0, 0.1) is 11.8 Å². The smallest absolute Gasteiger partial charge is 0.383 e. The zero-order chi connectivity index (χ0) is 12.9. The lowest BCUT2D eigenvalue weighted by molar-refractivity contribution is -0.222. The number of hydrogen-bond acceptors (Lipinski definition) is 2. The maximum Gasteiger partial charge on any atom is 0.414 e. The first-order chi connectivity index (χ1) is 7.95. The van der Waals surface area contributed by atoms with Gasteiger partial charge in [0.15, 0.2) is 6.10 Å². The van der Waals surface area contributed by atoms with Crippen LogP contribution in [-0.2, 0) is 0 Å². The summed E-state index contributed by atoms with van der Waals surface area (Å²) >= 11 is 0. The second-order valence-corrected chi connectivity index (χ2v) is 5.01. The maximum absolute atomic E-state index is 12.3. The molecule has 1 atom stereocenters. The third-order valence-electron chi connectivity index (χ3n) is 3.71. The summed E-state index contributed by atoms with van der Waals surface area (Å²) in [7, 11) is 1.90. The zero-order valence-corrected chi connectivity index (χ0v) is 10.3. The van der Waals surface area contributed by atoms with Gasteiger partial charge >= 0.3 is 6.18 Å². The number of nitrogens with one attached hydrogen (secondary N) is 1. The van der Waals surface area contributed by atoms with Gasteiger partial charge in [0.05, 0.1) is 0 Å². The van der Waals surface area contributed by atoms with Crippen LogP contribution in [0.4, 0.5) is 13.2 Å². The summed E-state index contributed by atoms with van der Waals surface area (Å²) in [4.78, 5) is 0. The molecular weight excluding hydrogens is 231 g/mol. The van der Waals surface area contributed by atoms with Crippen LogP contribution >= 0.6 is 0 Å². The van der Waals surface area contributed by atoms with Gasteiger partial charge in [-0.25, -0.2) is 0 Å². The van der Waals surface area contributed by atoms with E-state index in [1.54, 1.807) is 0 Å². The van der Waals surface area contributed by atoms with Crippen molar-refractivity contribution in [2.24, 2.45) is 11.8 Å². The van der Waals surface area contributed by atoms with E-state index in [-0.39, 0.29) is 0 Å². The lowest BCUT2D eigenvalue weighted by atomic mass is 9.77. The molecule has 0 aromatic heterocycles. The zero-order valence-electron chi connectivity index (χ0n) is 10.3. The van der Waals surface area contributed by atoms with E-state index in [2.05, 4.69) is 5.32 Å². The second kappa shape index (κ2) is 6.59. The Morgan fingerprint density at radius 3 is 2.29 bits per heavy atom. The minimum atomic E-state index is -4.45. The standard InChI is InChI=1S/C12H22F3NO/c1-16-8-2-3-9-4-6-10(7-5-9)11(17)12(13,14)15/h9-11,16-17H,2-8H2,1H3. The van der Waals surface area contributed by atoms with Crippen molar-refractivity contribution in [2.45, 2.75) is 50.8 Å². The first-order valence-electron chi connectivity index (χ1n) is 6.34. The van der Waals surface area contributed by atoms with Crippen LogP contribution in [0.5, 0.6) is 0 Å².